The highest BCUT2D eigenvalue weighted by atomic mass is 16.2. The third-order valence-electron chi connectivity index (χ3n) is 8.05. The fraction of sp³-hybridized carbons (Fsp3) is 0.560. The second-order valence-electron chi connectivity index (χ2n) is 9.71. The molecule has 4 heteroatoms. The van der Waals surface area contributed by atoms with Gasteiger partial charge >= 0.3 is 0 Å². The number of piperidine rings is 3. The summed E-state index contributed by atoms with van der Waals surface area (Å²) in [4.78, 5) is 18.6. The molecular formula is C25H31N3O. The molecule has 1 aromatic heterocycles. The molecule has 4 aliphatic rings. The number of rotatable bonds is 1. The number of nitrogens with zero attached hydrogens (tertiary/aromatic N) is 3. The fourth-order valence-corrected chi connectivity index (χ4v) is 6.76. The lowest BCUT2D eigenvalue weighted by Gasteiger charge is -2.54. The van der Waals surface area contributed by atoms with Crippen molar-refractivity contribution in [1.82, 2.24) is 14.4 Å². The molecule has 1 amide bonds. The van der Waals surface area contributed by atoms with E-state index in [4.69, 9.17) is 0 Å². The van der Waals surface area contributed by atoms with Crippen LogP contribution < -0.4 is 0 Å². The predicted octanol–water partition coefficient (Wildman–Crippen LogP) is 4.21. The van der Waals surface area contributed by atoms with E-state index in [1.165, 1.54) is 50.6 Å². The first-order chi connectivity index (χ1) is 14.2. The van der Waals surface area contributed by atoms with Crippen LogP contribution in [0.3, 0.4) is 0 Å². The molecule has 4 nitrogen and oxygen atoms in total. The predicted molar refractivity (Wildman–Crippen MR) is 116 cm³/mol. The molecule has 6 rings (SSSR count). The maximum Gasteiger partial charge on any atom is 0.254 e. The molecule has 4 atom stereocenters. The molecule has 0 N–H and O–H groups in total. The summed E-state index contributed by atoms with van der Waals surface area (Å²) in [5.41, 5.74) is 3.55. The summed E-state index contributed by atoms with van der Waals surface area (Å²) in [5, 5.41) is 1.20. The lowest BCUT2D eigenvalue weighted by Crippen LogP contribution is -2.60. The van der Waals surface area contributed by atoms with Crippen molar-refractivity contribution in [2.75, 3.05) is 19.6 Å². The summed E-state index contributed by atoms with van der Waals surface area (Å²) < 4.78 is 2.11. The third-order valence-corrected chi connectivity index (χ3v) is 8.05. The lowest BCUT2D eigenvalue weighted by molar-refractivity contribution is 0.00148. The summed E-state index contributed by atoms with van der Waals surface area (Å²) in [6.45, 7) is 3.34. The van der Waals surface area contributed by atoms with Crippen LogP contribution in [0.5, 0.6) is 0 Å². The normalized spacial score (nSPS) is 31.9. The number of hydrogen-bond donors (Lipinski definition) is 0. The molecule has 3 aliphatic heterocycles. The highest BCUT2D eigenvalue weighted by molar-refractivity contribution is 5.98. The number of amides is 1. The van der Waals surface area contributed by atoms with E-state index in [0.29, 0.717) is 12.0 Å². The summed E-state index contributed by atoms with van der Waals surface area (Å²) in [7, 11) is 2.05. The fourth-order valence-electron chi connectivity index (χ4n) is 6.76. The highest BCUT2D eigenvalue weighted by Crippen LogP contribution is 2.45. The Labute approximate surface area is 173 Å². The van der Waals surface area contributed by atoms with Gasteiger partial charge in [-0.05, 0) is 74.1 Å². The molecule has 0 radical (unpaired) electrons. The van der Waals surface area contributed by atoms with E-state index in [9.17, 15) is 4.79 Å². The van der Waals surface area contributed by atoms with E-state index < -0.39 is 0 Å². The van der Waals surface area contributed by atoms with Crippen LogP contribution >= 0.6 is 0 Å². The first-order valence-electron chi connectivity index (χ1n) is 11.5. The topological polar surface area (TPSA) is 28.5 Å². The Bertz CT molecular complexity index is 989. The molecule has 3 saturated heterocycles. The first-order valence-corrected chi connectivity index (χ1v) is 11.5. The molecule has 1 aromatic carbocycles. The van der Waals surface area contributed by atoms with Crippen LogP contribution in [0.2, 0.25) is 0 Å². The lowest BCUT2D eigenvalue weighted by atomic mass is 9.68. The molecule has 0 saturated carbocycles. The molecule has 1 aliphatic carbocycles. The number of aromatic nitrogens is 1. The monoisotopic (exact) mass is 389 g/mol. The van der Waals surface area contributed by atoms with Crippen molar-refractivity contribution in [3.05, 3.63) is 47.7 Å². The largest absolute Gasteiger partial charge is 0.351 e. The first kappa shape index (κ1) is 17.8. The zero-order chi connectivity index (χ0) is 19.5. The number of carbonyl (C=O) groups is 1. The van der Waals surface area contributed by atoms with Gasteiger partial charge in [-0.1, -0.05) is 24.1 Å². The van der Waals surface area contributed by atoms with Crippen LogP contribution in [0.25, 0.3) is 10.9 Å². The van der Waals surface area contributed by atoms with Gasteiger partial charge in [-0.3, -0.25) is 9.69 Å². The second-order valence-corrected chi connectivity index (χ2v) is 9.71. The standard InChI is InChI=1S/C25H31N3O/c1-26-12-9-17-7-8-19(15-23(17)26)25(29)28-11-4-5-18-13-20-14-21(24(18)28)16-27-10-3-2-6-22(20)27/h7-9,12-13,15,20-22,24H,2-6,10-11,14,16H2,1H3. The van der Waals surface area contributed by atoms with Gasteiger partial charge in [0.2, 0.25) is 0 Å². The molecular weight excluding hydrogens is 358 g/mol. The minimum atomic E-state index is 0.225. The van der Waals surface area contributed by atoms with Crippen LogP contribution in [0.4, 0.5) is 0 Å². The Morgan fingerprint density at radius 2 is 2.03 bits per heavy atom. The zero-order valence-corrected chi connectivity index (χ0v) is 17.4. The van der Waals surface area contributed by atoms with Crippen molar-refractivity contribution in [2.45, 2.75) is 50.6 Å². The average Bonchev–Trinajstić information content (AvgIpc) is 3.13. The molecule has 3 fully saturated rings. The molecule has 4 unspecified atom stereocenters. The van der Waals surface area contributed by atoms with E-state index >= 15 is 0 Å². The van der Waals surface area contributed by atoms with Gasteiger partial charge in [0.15, 0.2) is 0 Å². The summed E-state index contributed by atoms with van der Waals surface area (Å²) >= 11 is 0. The van der Waals surface area contributed by atoms with Crippen molar-refractivity contribution < 1.29 is 4.79 Å². The molecule has 2 aromatic rings. The smallest absolute Gasteiger partial charge is 0.254 e. The van der Waals surface area contributed by atoms with E-state index in [2.05, 4.69) is 51.9 Å². The molecule has 0 spiro atoms. The summed E-state index contributed by atoms with van der Waals surface area (Å²) in [6, 6.07) is 9.40. The molecule has 29 heavy (non-hydrogen) atoms. The van der Waals surface area contributed by atoms with E-state index in [1.54, 1.807) is 5.57 Å². The van der Waals surface area contributed by atoms with Gasteiger partial charge in [-0.15, -0.1) is 0 Å². The maximum absolute atomic E-state index is 13.7. The van der Waals surface area contributed by atoms with Crippen molar-refractivity contribution in [3.63, 3.8) is 0 Å². The van der Waals surface area contributed by atoms with Gasteiger partial charge in [0.1, 0.15) is 0 Å². The van der Waals surface area contributed by atoms with Crippen molar-refractivity contribution in [1.29, 1.82) is 0 Å². The Balaban J connectivity index is 1.34. The van der Waals surface area contributed by atoms with Crippen LogP contribution in [0, 0.1) is 11.8 Å². The average molecular weight is 390 g/mol. The Morgan fingerprint density at radius 1 is 1.10 bits per heavy atom. The summed E-state index contributed by atoms with van der Waals surface area (Å²) in [5.74, 6) is 1.55. The van der Waals surface area contributed by atoms with Gasteiger partial charge < -0.3 is 9.47 Å². The Kier molecular flexibility index (Phi) is 4.12. The Morgan fingerprint density at radius 3 is 2.97 bits per heavy atom. The maximum atomic E-state index is 13.7. The number of benzene rings is 1. The molecule has 152 valence electrons. The van der Waals surface area contributed by atoms with E-state index in [-0.39, 0.29) is 5.91 Å². The van der Waals surface area contributed by atoms with Crippen LogP contribution in [-0.4, -0.2) is 52.0 Å². The number of aryl methyl sites for hydroxylation is 1. The van der Waals surface area contributed by atoms with E-state index in [1.807, 2.05) is 6.07 Å². The highest BCUT2D eigenvalue weighted by Gasteiger charge is 2.46. The quantitative estimate of drug-likeness (QED) is 0.684. The minimum Gasteiger partial charge on any atom is -0.351 e. The van der Waals surface area contributed by atoms with Crippen LogP contribution in [0.15, 0.2) is 42.1 Å². The van der Waals surface area contributed by atoms with Crippen LogP contribution in [-0.2, 0) is 7.05 Å². The third kappa shape index (κ3) is 2.79. The van der Waals surface area contributed by atoms with Gasteiger partial charge in [0, 0.05) is 43.5 Å². The SMILES string of the molecule is Cn1ccc2ccc(C(=O)N3CCCC4=CC5CC(CN6CCCCC56)C43)cc21. The van der Waals surface area contributed by atoms with Gasteiger partial charge in [-0.2, -0.15) is 0 Å². The van der Waals surface area contributed by atoms with Gasteiger partial charge in [0.25, 0.3) is 5.91 Å². The second kappa shape index (κ2) is 6.73. The zero-order valence-electron chi connectivity index (χ0n) is 17.4. The van der Waals surface area contributed by atoms with Crippen molar-refractivity contribution in [2.24, 2.45) is 18.9 Å². The van der Waals surface area contributed by atoms with Gasteiger partial charge in [-0.25, -0.2) is 0 Å². The number of hydrogen-bond acceptors (Lipinski definition) is 2. The number of carbonyl (C=O) groups excluding carboxylic acids is 1. The number of likely N-dealkylation sites (tertiary alicyclic amines) is 1. The van der Waals surface area contributed by atoms with Crippen molar-refractivity contribution in [3.8, 4) is 0 Å². The molecule has 4 heterocycles. The van der Waals surface area contributed by atoms with Crippen molar-refractivity contribution >= 4 is 16.8 Å². The van der Waals surface area contributed by atoms with Gasteiger partial charge in [0.05, 0.1) is 6.04 Å². The Hall–Kier alpha value is -2.07. The van der Waals surface area contributed by atoms with E-state index in [0.717, 1.165) is 36.0 Å². The molecule has 2 bridgehead atoms. The number of fused-ring (bicyclic) bond motifs is 7. The van der Waals surface area contributed by atoms with Crippen LogP contribution in [0.1, 0.15) is 48.9 Å². The summed E-state index contributed by atoms with van der Waals surface area (Å²) in [6.07, 6.45) is 12.3. The minimum absolute atomic E-state index is 0.225.